The number of aryl methyl sites for hydroxylation is 1. The van der Waals surface area contributed by atoms with Crippen molar-refractivity contribution in [1.29, 1.82) is 5.26 Å². The molecule has 0 aromatic carbocycles. The molecule has 1 N–H and O–H groups in total. The number of aromatic nitrogens is 1. The summed E-state index contributed by atoms with van der Waals surface area (Å²) in [6.07, 6.45) is 3.82. The van der Waals surface area contributed by atoms with Crippen LogP contribution in [-0.4, -0.2) is 35.5 Å². The zero-order chi connectivity index (χ0) is 12.1. The van der Waals surface area contributed by atoms with Crippen molar-refractivity contribution in [3.63, 3.8) is 0 Å². The molecule has 0 radical (unpaired) electrons. The van der Waals surface area contributed by atoms with Gasteiger partial charge in [0.05, 0.1) is 5.69 Å². The number of nitriles is 1. The van der Waals surface area contributed by atoms with Crippen molar-refractivity contribution in [2.45, 2.75) is 26.2 Å². The molecule has 4 nitrogen and oxygen atoms in total. The van der Waals surface area contributed by atoms with Crippen molar-refractivity contribution >= 4 is 16.5 Å². The molecule has 1 saturated heterocycles. The summed E-state index contributed by atoms with van der Waals surface area (Å²) >= 11 is 1.39. The SMILES string of the molecule is Cc1nsc(NCCCN2CCCC2)c1C#N. The van der Waals surface area contributed by atoms with Gasteiger partial charge in [0.1, 0.15) is 16.6 Å². The Kier molecular flexibility index (Phi) is 4.35. The van der Waals surface area contributed by atoms with E-state index in [0.717, 1.165) is 30.2 Å². The standard InChI is InChI=1S/C12H18N4S/c1-10-11(9-13)12(17-15-10)14-5-4-8-16-6-2-3-7-16/h14H,2-8H2,1H3. The Morgan fingerprint density at radius 1 is 1.47 bits per heavy atom. The highest BCUT2D eigenvalue weighted by atomic mass is 32.1. The minimum Gasteiger partial charge on any atom is -0.375 e. The van der Waals surface area contributed by atoms with Gasteiger partial charge in [0.15, 0.2) is 0 Å². The summed E-state index contributed by atoms with van der Waals surface area (Å²) in [5.74, 6) is 0. The fraction of sp³-hybridized carbons (Fsp3) is 0.667. The highest BCUT2D eigenvalue weighted by molar-refractivity contribution is 7.10. The number of nitrogens with zero attached hydrogens (tertiary/aromatic N) is 3. The third-order valence-electron chi connectivity index (χ3n) is 3.11. The van der Waals surface area contributed by atoms with Crippen LogP contribution >= 0.6 is 11.5 Å². The van der Waals surface area contributed by atoms with Gasteiger partial charge in [-0.25, -0.2) is 0 Å². The van der Waals surface area contributed by atoms with E-state index < -0.39 is 0 Å². The molecule has 0 saturated carbocycles. The fourth-order valence-corrected chi connectivity index (χ4v) is 2.90. The topological polar surface area (TPSA) is 52.0 Å². The zero-order valence-corrected chi connectivity index (χ0v) is 11.0. The summed E-state index contributed by atoms with van der Waals surface area (Å²) < 4.78 is 4.19. The van der Waals surface area contributed by atoms with Crippen molar-refractivity contribution < 1.29 is 0 Å². The summed E-state index contributed by atoms with van der Waals surface area (Å²) in [6.45, 7) is 6.47. The first kappa shape index (κ1) is 12.3. The first-order valence-electron chi connectivity index (χ1n) is 6.14. The molecule has 0 bridgehead atoms. The molecule has 0 amide bonds. The number of rotatable bonds is 5. The van der Waals surface area contributed by atoms with Crippen molar-refractivity contribution in [2.75, 3.05) is 31.5 Å². The lowest BCUT2D eigenvalue weighted by Crippen LogP contribution is -2.22. The van der Waals surface area contributed by atoms with Crippen LogP contribution in [0, 0.1) is 18.3 Å². The second-order valence-corrected chi connectivity index (χ2v) is 5.19. The first-order chi connectivity index (χ1) is 8.31. The lowest BCUT2D eigenvalue weighted by Gasteiger charge is -2.14. The molecule has 0 unspecified atom stereocenters. The van der Waals surface area contributed by atoms with Crippen LogP contribution in [0.25, 0.3) is 0 Å². The van der Waals surface area contributed by atoms with E-state index in [4.69, 9.17) is 5.26 Å². The van der Waals surface area contributed by atoms with Gasteiger partial charge < -0.3 is 10.2 Å². The van der Waals surface area contributed by atoms with E-state index in [-0.39, 0.29) is 0 Å². The zero-order valence-electron chi connectivity index (χ0n) is 10.2. The summed E-state index contributed by atoms with van der Waals surface area (Å²) in [5.41, 5.74) is 1.54. The number of nitrogens with one attached hydrogen (secondary N) is 1. The van der Waals surface area contributed by atoms with Gasteiger partial charge in [0, 0.05) is 6.54 Å². The molecule has 1 fully saturated rings. The summed E-state index contributed by atoms with van der Waals surface area (Å²) in [7, 11) is 0. The van der Waals surface area contributed by atoms with Crippen molar-refractivity contribution in [1.82, 2.24) is 9.27 Å². The second kappa shape index (κ2) is 5.99. The maximum atomic E-state index is 8.99. The average molecular weight is 250 g/mol. The van der Waals surface area contributed by atoms with Crippen LogP contribution in [0.1, 0.15) is 30.5 Å². The van der Waals surface area contributed by atoms with E-state index in [2.05, 4.69) is 20.7 Å². The molecular weight excluding hydrogens is 232 g/mol. The van der Waals surface area contributed by atoms with E-state index in [1.54, 1.807) is 0 Å². The van der Waals surface area contributed by atoms with Gasteiger partial charge >= 0.3 is 0 Å². The van der Waals surface area contributed by atoms with Gasteiger partial charge in [-0.05, 0) is 57.4 Å². The van der Waals surface area contributed by atoms with E-state index in [0.29, 0.717) is 5.56 Å². The van der Waals surface area contributed by atoms with Crippen LogP contribution in [-0.2, 0) is 0 Å². The Labute approximate surface area is 106 Å². The quantitative estimate of drug-likeness (QED) is 0.814. The number of anilines is 1. The Morgan fingerprint density at radius 3 is 2.94 bits per heavy atom. The average Bonchev–Trinajstić information content (AvgIpc) is 2.94. The Balaban J connectivity index is 1.72. The summed E-state index contributed by atoms with van der Waals surface area (Å²) in [5, 5.41) is 13.2. The second-order valence-electron chi connectivity index (χ2n) is 4.41. The molecule has 1 aromatic rings. The summed E-state index contributed by atoms with van der Waals surface area (Å²) in [6, 6.07) is 2.20. The fourth-order valence-electron chi connectivity index (χ4n) is 2.13. The number of hydrogen-bond acceptors (Lipinski definition) is 5. The third kappa shape index (κ3) is 3.18. The van der Waals surface area contributed by atoms with Crippen molar-refractivity contribution in [2.24, 2.45) is 0 Å². The summed E-state index contributed by atoms with van der Waals surface area (Å²) in [4.78, 5) is 2.50. The van der Waals surface area contributed by atoms with Gasteiger partial charge in [-0.15, -0.1) is 0 Å². The van der Waals surface area contributed by atoms with Crippen LogP contribution in [0.15, 0.2) is 0 Å². The molecule has 1 aliphatic rings. The van der Waals surface area contributed by atoms with Crippen LogP contribution in [0.2, 0.25) is 0 Å². The molecule has 2 heterocycles. The molecule has 0 aliphatic carbocycles. The van der Waals surface area contributed by atoms with Crippen LogP contribution in [0.4, 0.5) is 5.00 Å². The van der Waals surface area contributed by atoms with Gasteiger partial charge in [0.2, 0.25) is 0 Å². The molecule has 1 aliphatic heterocycles. The predicted molar refractivity (Wildman–Crippen MR) is 70.3 cm³/mol. The lowest BCUT2D eigenvalue weighted by atomic mass is 10.3. The van der Waals surface area contributed by atoms with E-state index in [9.17, 15) is 0 Å². The van der Waals surface area contributed by atoms with E-state index in [1.807, 2.05) is 6.92 Å². The van der Waals surface area contributed by atoms with Crippen LogP contribution < -0.4 is 5.32 Å². The molecular formula is C12H18N4S. The highest BCUT2D eigenvalue weighted by Gasteiger charge is 2.11. The maximum absolute atomic E-state index is 8.99. The molecule has 0 atom stereocenters. The molecule has 1 aromatic heterocycles. The van der Waals surface area contributed by atoms with Gasteiger partial charge in [-0.3, -0.25) is 0 Å². The minimum atomic E-state index is 0.705. The smallest absolute Gasteiger partial charge is 0.127 e. The molecule has 92 valence electrons. The minimum absolute atomic E-state index is 0.705. The van der Waals surface area contributed by atoms with Gasteiger partial charge in [-0.2, -0.15) is 9.64 Å². The lowest BCUT2D eigenvalue weighted by molar-refractivity contribution is 0.337. The Bertz CT molecular complexity index is 401. The molecule has 17 heavy (non-hydrogen) atoms. The van der Waals surface area contributed by atoms with Gasteiger partial charge in [-0.1, -0.05) is 0 Å². The number of hydrogen-bond donors (Lipinski definition) is 1. The Hall–Kier alpha value is -1.12. The van der Waals surface area contributed by atoms with Crippen molar-refractivity contribution in [3.8, 4) is 6.07 Å². The Morgan fingerprint density at radius 2 is 2.24 bits per heavy atom. The highest BCUT2D eigenvalue weighted by Crippen LogP contribution is 2.23. The third-order valence-corrected chi connectivity index (χ3v) is 4.01. The monoisotopic (exact) mass is 250 g/mol. The van der Waals surface area contributed by atoms with Gasteiger partial charge in [0.25, 0.3) is 0 Å². The van der Waals surface area contributed by atoms with Crippen molar-refractivity contribution in [3.05, 3.63) is 11.3 Å². The van der Waals surface area contributed by atoms with Crippen LogP contribution in [0.3, 0.4) is 0 Å². The molecule has 0 spiro atoms. The largest absolute Gasteiger partial charge is 0.375 e. The van der Waals surface area contributed by atoms with Crippen LogP contribution in [0.5, 0.6) is 0 Å². The molecule has 2 rings (SSSR count). The predicted octanol–water partition coefficient (Wildman–Crippen LogP) is 2.22. The van der Waals surface area contributed by atoms with E-state index >= 15 is 0 Å². The van der Waals surface area contributed by atoms with E-state index in [1.165, 1.54) is 37.5 Å². The maximum Gasteiger partial charge on any atom is 0.127 e. The first-order valence-corrected chi connectivity index (χ1v) is 6.91. The number of likely N-dealkylation sites (tertiary alicyclic amines) is 1. The molecule has 5 heteroatoms. The normalized spacial score (nSPS) is 16.0.